The fourth-order valence-electron chi connectivity index (χ4n) is 3.09. The first-order valence-electron chi connectivity index (χ1n) is 8.95. The highest BCUT2D eigenvalue weighted by atomic mass is 19.1. The summed E-state index contributed by atoms with van der Waals surface area (Å²) in [7, 11) is 0. The third kappa shape index (κ3) is 6.02. The minimum Gasteiger partial charge on any atom is -0.368 e. The summed E-state index contributed by atoms with van der Waals surface area (Å²) in [6, 6.07) is 5.88. The van der Waals surface area contributed by atoms with E-state index in [1.54, 1.807) is 21.9 Å². The van der Waals surface area contributed by atoms with Crippen molar-refractivity contribution >= 4 is 17.7 Å². The standard InChI is InChI=1S/C19H26FN3O4/c1-13(2)16-10-22(19(26)12-27-11-17(21)24)8-7-18(25)23(16)9-14-3-5-15(20)6-4-14/h3-6,13,16H,7-12H2,1-2H3,(H2,21,24)/t16-/m0/s1. The van der Waals surface area contributed by atoms with Crippen LogP contribution in [0.5, 0.6) is 0 Å². The zero-order chi connectivity index (χ0) is 20.0. The second kappa shape index (κ2) is 9.45. The van der Waals surface area contributed by atoms with Crippen molar-refractivity contribution in [2.24, 2.45) is 11.7 Å². The van der Waals surface area contributed by atoms with Crippen LogP contribution in [-0.2, 0) is 25.7 Å². The summed E-state index contributed by atoms with van der Waals surface area (Å²) < 4.78 is 18.1. The summed E-state index contributed by atoms with van der Waals surface area (Å²) in [6.07, 6.45) is 0.200. The molecule has 2 rings (SSSR count). The molecule has 1 aromatic rings. The number of nitrogens with two attached hydrogens (primary N) is 1. The Morgan fingerprint density at radius 1 is 1.26 bits per heavy atom. The molecule has 7 nitrogen and oxygen atoms in total. The van der Waals surface area contributed by atoms with Crippen molar-refractivity contribution in [2.75, 3.05) is 26.3 Å². The van der Waals surface area contributed by atoms with Crippen LogP contribution in [0.2, 0.25) is 0 Å². The zero-order valence-electron chi connectivity index (χ0n) is 15.7. The molecule has 1 aliphatic rings. The van der Waals surface area contributed by atoms with E-state index in [1.807, 2.05) is 13.8 Å². The molecule has 2 N–H and O–H groups in total. The fraction of sp³-hybridized carbons (Fsp3) is 0.526. The smallest absolute Gasteiger partial charge is 0.248 e. The monoisotopic (exact) mass is 379 g/mol. The third-order valence-corrected chi connectivity index (χ3v) is 4.58. The number of hydrogen-bond donors (Lipinski definition) is 1. The lowest BCUT2D eigenvalue weighted by atomic mass is 10.0. The molecular formula is C19H26FN3O4. The van der Waals surface area contributed by atoms with Gasteiger partial charge in [-0.05, 0) is 23.6 Å². The van der Waals surface area contributed by atoms with E-state index >= 15 is 0 Å². The lowest BCUT2D eigenvalue weighted by Gasteiger charge is -2.34. The Balaban J connectivity index is 2.10. The van der Waals surface area contributed by atoms with Gasteiger partial charge in [0.05, 0.1) is 6.04 Å². The summed E-state index contributed by atoms with van der Waals surface area (Å²) in [5.41, 5.74) is 5.83. The molecule has 1 fully saturated rings. The van der Waals surface area contributed by atoms with E-state index in [0.717, 1.165) is 5.56 Å². The number of carbonyl (C=O) groups is 3. The summed E-state index contributed by atoms with van der Waals surface area (Å²) in [5, 5.41) is 0. The number of rotatable bonds is 7. The van der Waals surface area contributed by atoms with Crippen LogP contribution >= 0.6 is 0 Å². The highest BCUT2D eigenvalue weighted by Gasteiger charge is 2.33. The Hall–Kier alpha value is -2.48. The van der Waals surface area contributed by atoms with Gasteiger partial charge in [0.15, 0.2) is 0 Å². The molecule has 1 atom stereocenters. The molecule has 0 aliphatic carbocycles. The summed E-state index contributed by atoms with van der Waals surface area (Å²) in [6.45, 7) is 4.45. The van der Waals surface area contributed by atoms with Crippen LogP contribution in [0, 0.1) is 11.7 Å². The number of amides is 3. The van der Waals surface area contributed by atoms with Gasteiger partial charge >= 0.3 is 0 Å². The van der Waals surface area contributed by atoms with Crippen LogP contribution in [0.15, 0.2) is 24.3 Å². The average molecular weight is 379 g/mol. The predicted octanol–water partition coefficient (Wildman–Crippen LogP) is 0.913. The number of benzene rings is 1. The topological polar surface area (TPSA) is 92.9 Å². The summed E-state index contributed by atoms with van der Waals surface area (Å²) >= 11 is 0. The van der Waals surface area contributed by atoms with E-state index in [1.165, 1.54) is 12.1 Å². The van der Waals surface area contributed by atoms with Crippen LogP contribution < -0.4 is 5.73 Å². The SMILES string of the molecule is CC(C)[C@@H]1CN(C(=O)COCC(N)=O)CCC(=O)N1Cc1ccc(F)cc1. The quantitative estimate of drug-likeness (QED) is 0.762. The Bertz CT molecular complexity index is 678. The van der Waals surface area contributed by atoms with Crippen molar-refractivity contribution in [3.63, 3.8) is 0 Å². The van der Waals surface area contributed by atoms with Gasteiger partial charge < -0.3 is 20.3 Å². The van der Waals surface area contributed by atoms with Gasteiger partial charge in [-0.15, -0.1) is 0 Å². The van der Waals surface area contributed by atoms with E-state index in [0.29, 0.717) is 19.6 Å². The van der Waals surface area contributed by atoms with E-state index < -0.39 is 5.91 Å². The van der Waals surface area contributed by atoms with Crippen molar-refractivity contribution in [1.29, 1.82) is 0 Å². The second-order valence-electron chi connectivity index (χ2n) is 7.01. The van der Waals surface area contributed by atoms with Crippen LogP contribution in [0.25, 0.3) is 0 Å². The van der Waals surface area contributed by atoms with E-state index in [9.17, 15) is 18.8 Å². The molecule has 0 radical (unpaired) electrons. The number of nitrogens with zero attached hydrogens (tertiary/aromatic N) is 2. The number of carbonyl (C=O) groups excluding carboxylic acids is 3. The van der Waals surface area contributed by atoms with Gasteiger partial charge in [-0.2, -0.15) is 0 Å². The molecule has 148 valence electrons. The van der Waals surface area contributed by atoms with Gasteiger partial charge in [0, 0.05) is 26.1 Å². The molecular weight excluding hydrogens is 353 g/mol. The maximum absolute atomic E-state index is 13.1. The second-order valence-corrected chi connectivity index (χ2v) is 7.01. The Kier molecular flexibility index (Phi) is 7.29. The average Bonchev–Trinajstić information content (AvgIpc) is 2.76. The van der Waals surface area contributed by atoms with Gasteiger partial charge in [0.2, 0.25) is 17.7 Å². The molecule has 1 aliphatic heterocycles. The van der Waals surface area contributed by atoms with E-state index in [2.05, 4.69) is 0 Å². The van der Waals surface area contributed by atoms with Crippen molar-refractivity contribution < 1.29 is 23.5 Å². The molecule has 3 amide bonds. The Morgan fingerprint density at radius 2 is 1.93 bits per heavy atom. The number of hydrogen-bond acceptors (Lipinski definition) is 4. The molecule has 0 unspecified atom stereocenters. The van der Waals surface area contributed by atoms with Gasteiger partial charge in [0.25, 0.3) is 0 Å². The minimum absolute atomic E-state index is 0.0496. The molecule has 1 heterocycles. The number of halogens is 1. The molecule has 1 aromatic carbocycles. The predicted molar refractivity (Wildman–Crippen MR) is 96.8 cm³/mol. The molecule has 0 aromatic heterocycles. The first kappa shape index (κ1) is 20.8. The van der Waals surface area contributed by atoms with Crippen LogP contribution in [-0.4, -0.2) is 59.9 Å². The maximum Gasteiger partial charge on any atom is 0.248 e. The van der Waals surface area contributed by atoms with Gasteiger partial charge in [-0.1, -0.05) is 26.0 Å². The van der Waals surface area contributed by atoms with E-state index in [-0.39, 0.29) is 49.2 Å². The molecule has 0 bridgehead atoms. The highest BCUT2D eigenvalue weighted by Crippen LogP contribution is 2.21. The summed E-state index contributed by atoms with van der Waals surface area (Å²) in [5.74, 6) is -1.17. The molecule has 8 heteroatoms. The van der Waals surface area contributed by atoms with Crippen LogP contribution in [0.3, 0.4) is 0 Å². The van der Waals surface area contributed by atoms with Gasteiger partial charge in [0.1, 0.15) is 19.0 Å². The normalized spacial score (nSPS) is 17.9. The lowest BCUT2D eigenvalue weighted by Crippen LogP contribution is -2.47. The molecule has 27 heavy (non-hydrogen) atoms. The van der Waals surface area contributed by atoms with Gasteiger partial charge in [-0.25, -0.2) is 4.39 Å². The molecule has 0 spiro atoms. The molecule has 1 saturated heterocycles. The van der Waals surface area contributed by atoms with Crippen LogP contribution in [0.1, 0.15) is 25.8 Å². The summed E-state index contributed by atoms with van der Waals surface area (Å²) in [4.78, 5) is 39.2. The van der Waals surface area contributed by atoms with Crippen molar-refractivity contribution in [2.45, 2.75) is 32.9 Å². The van der Waals surface area contributed by atoms with Crippen molar-refractivity contribution in [3.05, 3.63) is 35.6 Å². The molecule has 0 saturated carbocycles. The largest absolute Gasteiger partial charge is 0.368 e. The fourth-order valence-corrected chi connectivity index (χ4v) is 3.09. The van der Waals surface area contributed by atoms with Crippen molar-refractivity contribution in [3.8, 4) is 0 Å². The number of primary amides is 1. The lowest BCUT2D eigenvalue weighted by molar-refractivity contribution is -0.138. The third-order valence-electron chi connectivity index (χ3n) is 4.58. The first-order valence-corrected chi connectivity index (χ1v) is 8.95. The van der Waals surface area contributed by atoms with Gasteiger partial charge in [-0.3, -0.25) is 14.4 Å². The Labute approximate surface area is 158 Å². The Morgan fingerprint density at radius 3 is 2.52 bits per heavy atom. The van der Waals surface area contributed by atoms with Crippen molar-refractivity contribution in [1.82, 2.24) is 9.80 Å². The number of ether oxygens (including phenoxy) is 1. The van der Waals surface area contributed by atoms with E-state index in [4.69, 9.17) is 10.5 Å². The van der Waals surface area contributed by atoms with Crippen LogP contribution in [0.4, 0.5) is 4.39 Å². The highest BCUT2D eigenvalue weighted by molar-refractivity contribution is 5.81. The zero-order valence-corrected chi connectivity index (χ0v) is 15.7. The maximum atomic E-state index is 13.1. The minimum atomic E-state index is -0.639. The first-order chi connectivity index (χ1) is 12.8.